The molecule has 2 aromatic carbocycles. The standard InChI is InChI=1S/C21H22ClN/c1-21(2)17-10-6-7-11-19(17)23(16-8-4-3-5-9-16)20-13-12-15(22)14-18(20)21/h3-5,8-10,12-14,19H,6-7,11H2,1-2H3. The molecule has 1 heterocycles. The largest absolute Gasteiger partial charge is 0.334 e. The zero-order valence-corrected chi connectivity index (χ0v) is 14.5. The average Bonchev–Trinajstić information content (AvgIpc) is 2.57. The molecule has 0 saturated heterocycles. The van der Waals surface area contributed by atoms with E-state index < -0.39 is 0 Å². The lowest BCUT2D eigenvalue weighted by Gasteiger charge is -2.49. The van der Waals surface area contributed by atoms with E-state index in [4.69, 9.17) is 11.6 Å². The van der Waals surface area contributed by atoms with Gasteiger partial charge >= 0.3 is 0 Å². The normalized spacial score (nSPS) is 22.1. The van der Waals surface area contributed by atoms with Crippen molar-refractivity contribution in [2.24, 2.45) is 0 Å². The Morgan fingerprint density at radius 3 is 2.65 bits per heavy atom. The van der Waals surface area contributed by atoms with E-state index in [1.165, 1.54) is 36.2 Å². The topological polar surface area (TPSA) is 3.24 Å². The number of para-hydroxylation sites is 1. The highest BCUT2D eigenvalue weighted by atomic mass is 35.5. The van der Waals surface area contributed by atoms with Gasteiger partial charge in [0.25, 0.3) is 0 Å². The number of fused-ring (bicyclic) bond motifs is 2. The van der Waals surface area contributed by atoms with Gasteiger partial charge in [-0.05, 0) is 60.7 Å². The molecule has 23 heavy (non-hydrogen) atoms. The first kappa shape index (κ1) is 14.8. The minimum atomic E-state index is 0.0383. The summed E-state index contributed by atoms with van der Waals surface area (Å²) in [6, 6.07) is 17.6. The molecule has 0 radical (unpaired) electrons. The van der Waals surface area contributed by atoms with E-state index >= 15 is 0 Å². The zero-order chi connectivity index (χ0) is 16.0. The minimum absolute atomic E-state index is 0.0383. The van der Waals surface area contributed by atoms with Crippen LogP contribution < -0.4 is 4.90 Å². The molecule has 0 fully saturated rings. The summed E-state index contributed by atoms with van der Waals surface area (Å²) in [5, 5.41) is 0.819. The van der Waals surface area contributed by atoms with Gasteiger partial charge in [-0.1, -0.05) is 49.7 Å². The third-order valence-electron chi connectivity index (χ3n) is 5.36. The van der Waals surface area contributed by atoms with Crippen LogP contribution in [0.5, 0.6) is 0 Å². The Morgan fingerprint density at radius 2 is 1.87 bits per heavy atom. The van der Waals surface area contributed by atoms with E-state index in [0.717, 1.165) is 5.02 Å². The van der Waals surface area contributed by atoms with E-state index in [0.29, 0.717) is 6.04 Å². The molecule has 0 spiro atoms. The molecule has 2 heteroatoms. The Morgan fingerprint density at radius 1 is 1.09 bits per heavy atom. The fourth-order valence-electron chi connectivity index (χ4n) is 4.25. The van der Waals surface area contributed by atoms with Crippen molar-refractivity contribution < 1.29 is 0 Å². The highest BCUT2D eigenvalue weighted by molar-refractivity contribution is 6.30. The van der Waals surface area contributed by atoms with Gasteiger partial charge in [0.1, 0.15) is 0 Å². The van der Waals surface area contributed by atoms with Gasteiger partial charge in [-0.15, -0.1) is 0 Å². The third kappa shape index (κ3) is 2.30. The van der Waals surface area contributed by atoms with Crippen molar-refractivity contribution in [3.63, 3.8) is 0 Å². The van der Waals surface area contributed by atoms with Crippen molar-refractivity contribution >= 4 is 23.0 Å². The fraction of sp³-hybridized carbons (Fsp3) is 0.333. The molecule has 0 N–H and O–H groups in total. The van der Waals surface area contributed by atoms with Crippen molar-refractivity contribution in [3.05, 3.63) is 70.8 Å². The van der Waals surface area contributed by atoms with Crippen LogP contribution in [0.4, 0.5) is 11.4 Å². The Kier molecular flexibility index (Phi) is 3.50. The zero-order valence-electron chi connectivity index (χ0n) is 13.7. The van der Waals surface area contributed by atoms with Crippen molar-refractivity contribution in [1.82, 2.24) is 0 Å². The van der Waals surface area contributed by atoms with E-state index in [2.05, 4.69) is 67.3 Å². The number of hydrogen-bond donors (Lipinski definition) is 0. The summed E-state index contributed by atoms with van der Waals surface area (Å²) in [6.45, 7) is 4.68. The highest BCUT2D eigenvalue weighted by Crippen LogP contribution is 2.51. The Labute approximate surface area is 143 Å². The molecule has 1 aliphatic heterocycles. The summed E-state index contributed by atoms with van der Waals surface area (Å²) < 4.78 is 0. The summed E-state index contributed by atoms with van der Waals surface area (Å²) in [5.74, 6) is 0. The number of benzene rings is 2. The van der Waals surface area contributed by atoms with Crippen LogP contribution >= 0.6 is 11.6 Å². The molecular weight excluding hydrogens is 302 g/mol. The molecule has 2 aromatic rings. The van der Waals surface area contributed by atoms with E-state index in [1.807, 2.05) is 6.07 Å². The summed E-state index contributed by atoms with van der Waals surface area (Å²) in [5.41, 5.74) is 5.48. The second-order valence-corrected chi connectivity index (χ2v) is 7.53. The van der Waals surface area contributed by atoms with E-state index in [-0.39, 0.29) is 5.41 Å². The molecule has 2 aliphatic rings. The van der Waals surface area contributed by atoms with Gasteiger partial charge in [-0.25, -0.2) is 0 Å². The SMILES string of the molecule is CC1(C)C2=CCCCC2N(c2ccccc2)c2ccc(Cl)cc21. The lowest BCUT2D eigenvalue weighted by Crippen LogP contribution is -2.46. The molecule has 0 amide bonds. The molecular formula is C21H22ClN. The van der Waals surface area contributed by atoms with Crippen LogP contribution in [0.15, 0.2) is 60.2 Å². The molecule has 1 atom stereocenters. The second kappa shape index (κ2) is 5.42. The molecule has 4 rings (SSSR count). The average molecular weight is 324 g/mol. The van der Waals surface area contributed by atoms with Gasteiger partial charge < -0.3 is 4.90 Å². The maximum absolute atomic E-state index is 6.33. The number of allylic oxidation sites excluding steroid dienone is 1. The van der Waals surface area contributed by atoms with Crippen LogP contribution in [-0.4, -0.2) is 6.04 Å². The summed E-state index contributed by atoms with van der Waals surface area (Å²) in [6.07, 6.45) is 6.13. The predicted molar refractivity (Wildman–Crippen MR) is 98.8 cm³/mol. The summed E-state index contributed by atoms with van der Waals surface area (Å²) >= 11 is 6.33. The summed E-state index contributed by atoms with van der Waals surface area (Å²) in [7, 11) is 0. The van der Waals surface area contributed by atoms with Gasteiger partial charge in [0.2, 0.25) is 0 Å². The second-order valence-electron chi connectivity index (χ2n) is 7.10. The van der Waals surface area contributed by atoms with Crippen molar-refractivity contribution in [2.45, 2.75) is 44.6 Å². The van der Waals surface area contributed by atoms with E-state index in [1.54, 1.807) is 5.57 Å². The first-order valence-corrected chi connectivity index (χ1v) is 8.81. The Hall–Kier alpha value is -1.73. The van der Waals surface area contributed by atoms with Gasteiger partial charge in [0.15, 0.2) is 0 Å². The first-order chi connectivity index (χ1) is 11.1. The molecule has 1 aliphatic carbocycles. The lowest BCUT2D eigenvalue weighted by molar-refractivity contribution is 0.475. The monoisotopic (exact) mass is 323 g/mol. The number of halogens is 1. The maximum Gasteiger partial charge on any atom is 0.0560 e. The number of anilines is 2. The first-order valence-electron chi connectivity index (χ1n) is 8.44. The molecule has 0 aromatic heterocycles. The van der Waals surface area contributed by atoms with Crippen LogP contribution in [-0.2, 0) is 5.41 Å². The van der Waals surface area contributed by atoms with Gasteiger partial charge in [-0.2, -0.15) is 0 Å². The lowest BCUT2D eigenvalue weighted by atomic mass is 9.67. The van der Waals surface area contributed by atoms with Crippen molar-refractivity contribution in [3.8, 4) is 0 Å². The van der Waals surface area contributed by atoms with Crippen LogP contribution in [0.1, 0.15) is 38.7 Å². The molecule has 1 nitrogen and oxygen atoms in total. The van der Waals surface area contributed by atoms with Gasteiger partial charge in [0.05, 0.1) is 6.04 Å². The van der Waals surface area contributed by atoms with Crippen molar-refractivity contribution in [1.29, 1.82) is 0 Å². The summed E-state index contributed by atoms with van der Waals surface area (Å²) in [4.78, 5) is 2.52. The number of rotatable bonds is 1. The van der Waals surface area contributed by atoms with Crippen LogP contribution in [0.3, 0.4) is 0 Å². The Bertz CT molecular complexity index is 761. The fourth-order valence-corrected chi connectivity index (χ4v) is 4.42. The van der Waals surface area contributed by atoms with Gasteiger partial charge in [-0.3, -0.25) is 0 Å². The molecule has 118 valence electrons. The Balaban J connectivity index is 1.98. The highest BCUT2D eigenvalue weighted by Gasteiger charge is 2.42. The third-order valence-corrected chi connectivity index (χ3v) is 5.60. The molecule has 0 saturated carbocycles. The molecule has 1 unspecified atom stereocenters. The van der Waals surface area contributed by atoms with Crippen molar-refractivity contribution in [2.75, 3.05) is 4.90 Å². The van der Waals surface area contributed by atoms with Crippen LogP contribution in [0.25, 0.3) is 0 Å². The van der Waals surface area contributed by atoms with Crippen LogP contribution in [0.2, 0.25) is 5.02 Å². The number of hydrogen-bond acceptors (Lipinski definition) is 1. The van der Waals surface area contributed by atoms with E-state index in [9.17, 15) is 0 Å². The smallest absolute Gasteiger partial charge is 0.0560 e. The number of nitrogens with zero attached hydrogens (tertiary/aromatic N) is 1. The maximum atomic E-state index is 6.33. The molecule has 0 bridgehead atoms. The van der Waals surface area contributed by atoms with Gasteiger partial charge in [0, 0.05) is 21.8 Å². The minimum Gasteiger partial charge on any atom is -0.334 e. The van der Waals surface area contributed by atoms with Crippen LogP contribution in [0, 0.1) is 0 Å². The predicted octanol–water partition coefficient (Wildman–Crippen LogP) is 6.25. The quantitative estimate of drug-likeness (QED) is 0.561.